The predicted molar refractivity (Wildman–Crippen MR) is 76.0 cm³/mol. The lowest BCUT2D eigenvalue weighted by molar-refractivity contribution is -0.383. The third-order valence-corrected chi connectivity index (χ3v) is 2.82. The van der Waals surface area contributed by atoms with E-state index < -0.39 is 4.92 Å². The van der Waals surface area contributed by atoms with Gasteiger partial charge in [0.2, 0.25) is 0 Å². The molecule has 0 saturated heterocycles. The molecule has 0 spiro atoms. The predicted octanol–water partition coefficient (Wildman–Crippen LogP) is 3.92. The Morgan fingerprint density at radius 2 is 1.74 bits per heavy atom. The number of rotatable bonds is 2. The van der Waals surface area contributed by atoms with Crippen molar-refractivity contribution in [3.05, 3.63) is 57.6 Å². The number of nitrogens with one attached hydrogen (secondary N) is 1. The van der Waals surface area contributed by atoms with Crippen LogP contribution in [0.15, 0.2) is 42.5 Å². The van der Waals surface area contributed by atoms with E-state index >= 15 is 0 Å². The number of nitro groups is 1. The van der Waals surface area contributed by atoms with Crippen LogP contribution in [0.2, 0.25) is 5.02 Å². The third-order valence-electron chi connectivity index (χ3n) is 2.58. The summed E-state index contributed by atoms with van der Waals surface area (Å²) >= 11 is 5.63. The fraction of sp³-hybridized carbons (Fsp3) is 0. The Balaban J connectivity index is 0.000000180. The number of terminal acetylenes is 1. The summed E-state index contributed by atoms with van der Waals surface area (Å²) in [7, 11) is 0. The van der Waals surface area contributed by atoms with Crippen LogP contribution in [0.1, 0.15) is 0 Å². The van der Waals surface area contributed by atoms with E-state index in [1.165, 1.54) is 29.3 Å². The van der Waals surface area contributed by atoms with Gasteiger partial charge in [-0.25, -0.2) is 0 Å². The Morgan fingerprint density at radius 1 is 1.16 bits per heavy atom. The first-order valence-electron chi connectivity index (χ1n) is 5.38. The second kappa shape index (κ2) is 5.42. The molecule has 5 heteroatoms. The molecule has 0 heterocycles. The summed E-state index contributed by atoms with van der Waals surface area (Å²) in [5, 5.41) is 13.3. The summed E-state index contributed by atoms with van der Waals surface area (Å²) in [5.74, 6) is 0. The molecule has 1 aromatic carbocycles. The van der Waals surface area contributed by atoms with E-state index in [1.807, 2.05) is 0 Å². The van der Waals surface area contributed by atoms with E-state index in [-0.39, 0.29) is 11.4 Å². The van der Waals surface area contributed by atoms with Crippen molar-refractivity contribution in [2.45, 2.75) is 0 Å². The average Bonchev–Trinajstić information content (AvgIpc) is 2.34. The van der Waals surface area contributed by atoms with Gasteiger partial charge in [-0.1, -0.05) is 42.3 Å². The fourth-order valence-electron chi connectivity index (χ4n) is 1.51. The van der Waals surface area contributed by atoms with Gasteiger partial charge in [-0.2, -0.15) is 0 Å². The van der Waals surface area contributed by atoms with Crippen LogP contribution in [-0.4, -0.2) is 4.92 Å². The number of nitro benzene ring substituents is 1. The maximum absolute atomic E-state index is 10.5. The maximum atomic E-state index is 10.5. The second-order valence-corrected chi connectivity index (χ2v) is 4.20. The van der Waals surface area contributed by atoms with E-state index in [4.69, 9.17) is 18.0 Å². The third kappa shape index (κ3) is 2.84. The molecule has 0 saturated carbocycles. The van der Waals surface area contributed by atoms with Gasteiger partial charge >= 0.3 is 0 Å². The lowest BCUT2D eigenvalue weighted by Gasteiger charge is -2.10. The van der Waals surface area contributed by atoms with Crippen molar-refractivity contribution < 1.29 is 4.92 Å². The molecule has 3 rings (SSSR count). The molecule has 0 amide bonds. The fourth-order valence-corrected chi connectivity index (χ4v) is 1.68. The van der Waals surface area contributed by atoms with Crippen LogP contribution in [-0.2, 0) is 0 Å². The van der Waals surface area contributed by atoms with E-state index in [0.29, 0.717) is 5.02 Å². The Labute approximate surface area is 115 Å². The zero-order chi connectivity index (χ0) is 13.8. The molecule has 0 unspecified atom stereocenters. The van der Waals surface area contributed by atoms with Gasteiger partial charge in [0.15, 0.2) is 0 Å². The molecule has 0 bridgehead atoms. The van der Waals surface area contributed by atoms with E-state index in [1.54, 1.807) is 0 Å². The highest BCUT2D eigenvalue weighted by atomic mass is 35.5. The van der Waals surface area contributed by atoms with Gasteiger partial charge in [-0.05, 0) is 23.3 Å². The number of nitrogens with zero attached hydrogens (tertiary/aromatic N) is 1. The minimum atomic E-state index is -0.532. The van der Waals surface area contributed by atoms with Gasteiger partial charge in [0, 0.05) is 17.1 Å². The standard InChI is InChI=1S/C8H5ClN2O2.C6H4/c1-2-10-7-5-6(9)3-4-8(7)11(12)13;1-2-6-4-3-5(1)6/h1,3-5,10H;1-4H. The van der Waals surface area contributed by atoms with Crippen LogP contribution < -0.4 is 5.32 Å². The lowest BCUT2D eigenvalue weighted by atomic mass is 9.95. The largest absolute Gasteiger partial charge is 0.309 e. The van der Waals surface area contributed by atoms with Crippen LogP contribution in [0, 0.1) is 22.6 Å². The van der Waals surface area contributed by atoms with Crippen LogP contribution in [0.5, 0.6) is 0 Å². The van der Waals surface area contributed by atoms with Crippen molar-refractivity contribution in [1.82, 2.24) is 0 Å². The van der Waals surface area contributed by atoms with Gasteiger partial charge in [0.1, 0.15) is 5.69 Å². The number of hydrogen-bond donors (Lipinski definition) is 1. The van der Waals surface area contributed by atoms with Crippen LogP contribution >= 0.6 is 11.6 Å². The summed E-state index contributed by atoms with van der Waals surface area (Å²) in [6.07, 6.45) is 4.95. The maximum Gasteiger partial charge on any atom is 0.293 e. The molecule has 0 fully saturated rings. The van der Waals surface area contributed by atoms with Gasteiger partial charge < -0.3 is 5.32 Å². The SMILES string of the molecule is C#CNc1cc(Cl)ccc1[N+](=O)[O-].c1cc2ccc1-2. The summed E-state index contributed by atoms with van der Waals surface area (Å²) in [5.41, 5.74) is 2.98. The molecule has 94 valence electrons. The van der Waals surface area contributed by atoms with Gasteiger partial charge in [0.25, 0.3) is 5.69 Å². The summed E-state index contributed by atoms with van der Waals surface area (Å²) in [6.45, 7) is 0. The average molecular weight is 273 g/mol. The highest BCUT2D eigenvalue weighted by Crippen LogP contribution is 2.29. The highest BCUT2D eigenvalue weighted by molar-refractivity contribution is 6.31. The van der Waals surface area contributed by atoms with Crippen LogP contribution in [0.25, 0.3) is 11.1 Å². The number of fused-ring (bicyclic) bond motifs is 1. The first-order valence-corrected chi connectivity index (χ1v) is 5.75. The molecule has 2 aliphatic carbocycles. The van der Waals surface area contributed by atoms with Crippen molar-refractivity contribution >= 4 is 23.0 Å². The van der Waals surface area contributed by atoms with Crippen molar-refractivity contribution in [2.24, 2.45) is 0 Å². The highest BCUT2D eigenvalue weighted by Gasteiger charge is 2.12. The molecular weight excluding hydrogens is 264 g/mol. The monoisotopic (exact) mass is 272 g/mol. The Bertz CT molecular complexity index is 639. The first-order chi connectivity index (χ1) is 9.11. The summed E-state index contributed by atoms with van der Waals surface area (Å²) < 4.78 is 0. The molecule has 4 nitrogen and oxygen atoms in total. The van der Waals surface area contributed by atoms with E-state index in [2.05, 4.69) is 35.6 Å². The van der Waals surface area contributed by atoms with Crippen molar-refractivity contribution in [3.63, 3.8) is 0 Å². The Hall–Kier alpha value is -2.51. The molecule has 0 radical (unpaired) electrons. The number of anilines is 1. The molecule has 2 aliphatic rings. The first kappa shape index (κ1) is 12.9. The molecule has 1 N–H and O–H groups in total. The minimum Gasteiger partial charge on any atom is -0.309 e. The molecule has 0 aliphatic heterocycles. The number of benzene rings is 2. The van der Waals surface area contributed by atoms with Crippen LogP contribution in [0.3, 0.4) is 0 Å². The van der Waals surface area contributed by atoms with E-state index in [9.17, 15) is 10.1 Å². The number of hydrogen-bond acceptors (Lipinski definition) is 3. The quantitative estimate of drug-likeness (QED) is 0.333. The lowest BCUT2D eigenvalue weighted by Crippen LogP contribution is -1.95. The topological polar surface area (TPSA) is 55.2 Å². The molecule has 1 aromatic rings. The molecule has 0 aromatic heterocycles. The Kier molecular flexibility index (Phi) is 3.69. The van der Waals surface area contributed by atoms with Crippen molar-refractivity contribution in [2.75, 3.05) is 5.32 Å². The van der Waals surface area contributed by atoms with Gasteiger partial charge in [-0.15, -0.1) is 0 Å². The summed E-state index contributed by atoms with van der Waals surface area (Å²) in [6, 6.07) is 14.7. The van der Waals surface area contributed by atoms with E-state index in [0.717, 1.165) is 0 Å². The van der Waals surface area contributed by atoms with Crippen molar-refractivity contribution in [3.8, 4) is 23.6 Å². The smallest absolute Gasteiger partial charge is 0.293 e. The molecule has 0 atom stereocenters. The summed E-state index contributed by atoms with van der Waals surface area (Å²) in [4.78, 5) is 9.93. The molecular formula is C14H9ClN2O2. The van der Waals surface area contributed by atoms with Crippen molar-refractivity contribution in [1.29, 1.82) is 0 Å². The zero-order valence-corrected chi connectivity index (χ0v) is 10.5. The van der Waals surface area contributed by atoms with Crippen LogP contribution in [0.4, 0.5) is 11.4 Å². The second-order valence-electron chi connectivity index (χ2n) is 3.77. The zero-order valence-electron chi connectivity index (χ0n) is 9.76. The Morgan fingerprint density at radius 3 is 2.11 bits per heavy atom. The molecule has 19 heavy (non-hydrogen) atoms. The number of halogens is 1. The normalized spacial score (nSPS) is 9.68. The van der Waals surface area contributed by atoms with Gasteiger partial charge in [0.05, 0.1) is 4.92 Å². The van der Waals surface area contributed by atoms with Gasteiger partial charge in [-0.3, -0.25) is 10.1 Å². The minimum absolute atomic E-state index is 0.0950.